The van der Waals surface area contributed by atoms with Crippen molar-refractivity contribution in [2.45, 2.75) is 20.3 Å². The molecule has 0 aliphatic rings. The predicted octanol–water partition coefficient (Wildman–Crippen LogP) is 3.00. The first-order valence-corrected chi connectivity index (χ1v) is 7.66. The van der Waals surface area contributed by atoms with Gasteiger partial charge in [-0.2, -0.15) is 4.98 Å². The van der Waals surface area contributed by atoms with E-state index >= 15 is 0 Å². The Hall–Kier alpha value is -1.47. The molecule has 0 aliphatic carbocycles. The van der Waals surface area contributed by atoms with Crippen LogP contribution >= 0.6 is 31.9 Å². The molecule has 0 amide bonds. The fourth-order valence-corrected chi connectivity index (χ4v) is 2.92. The maximum atomic E-state index is 12.2. The van der Waals surface area contributed by atoms with Crippen molar-refractivity contribution in [2.75, 3.05) is 0 Å². The largest absolute Gasteiger partial charge is 0.481 e. The van der Waals surface area contributed by atoms with Crippen LogP contribution in [0.15, 0.2) is 31.9 Å². The van der Waals surface area contributed by atoms with Gasteiger partial charge in [0.2, 0.25) is 0 Å². The van der Waals surface area contributed by atoms with E-state index in [1.165, 1.54) is 4.57 Å². The Morgan fingerprint density at radius 1 is 1.33 bits per heavy atom. The Kier molecular flexibility index (Phi) is 4.63. The maximum Gasteiger partial charge on any atom is 0.352 e. The first-order valence-electron chi connectivity index (χ1n) is 6.07. The lowest BCUT2D eigenvalue weighted by Crippen LogP contribution is -2.27. The van der Waals surface area contributed by atoms with Gasteiger partial charge in [0.25, 0.3) is 0 Å². The summed E-state index contributed by atoms with van der Waals surface area (Å²) < 4.78 is 2.95. The monoisotopic (exact) mass is 414 g/mol. The van der Waals surface area contributed by atoms with Gasteiger partial charge in [0, 0.05) is 25.9 Å². The molecule has 0 unspecified atom stereocenters. The Morgan fingerprint density at radius 3 is 2.62 bits per heavy atom. The van der Waals surface area contributed by atoms with E-state index in [4.69, 9.17) is 5.11 Å². The van der Waals surface area contributed by atoms with Gasteiger partial charge in [0.1, 0.15) is 0 Å². The molecule has 0 saturated heterocycles. The summed E-state index contributed by atoms with van der Waals surface area (Å²) in [6.45, 7) is 3.37. The van der Waals surface area contributed by atoms with E-state index < -0.39 is 11.7 Å². The normalized spacial score (nSPS) is 10.7. The highest BCUT2D eigenvalue weighted by Crippen LogP contribution is 2.26. The van der Waals surface area contributed by atoms with Crippen LogP contribution in [-0.2, 0) is 11.2 Å². The molecule has 110 valence electrons. The summed E-state index contributed by atoms with van der Waals surface area (Å²) in [7, 11) is 0. The lowest BCUT2D eigenvalue weighted by Gasteiger charge is -2.16. The van der Waals surface area contributed by atoms with Crippen LogP contribution in [0.1, 0.15) is 17.0 Å². The number of carbonyl (C=O) groups is 1. The number of rotatable bonds is 3. The van der Waals surface area contributed by atoms with E-state index in [2.05, 4.69) is 36.8 Å². The summed E-state index contributed by atoms with van der Waals surface area (Å²) in [5.74, 6) is -0.957. The van der Waals surface area contributed by atoms with Gasteiger partial charge in [-0.15, -0.1) is 0 Å². The fraction of sp³-hybridized carbons (Fsp3) is 0.214. The summed E-state index contributed by atoms with van der Waals surface area (Å²) in [5.41, 5.74) is 1.76. The highest BCUT2D eigenvalue weighted by atomic mass is 79.9. The minimum atomic E-state index is -0.957. The zero-order chi connectivity index (χ0) is 15.7. The molecule has 0 bridgehead atoms. The topological polar surface area (TPSA) is 72.2 Å². The summed E-state index contributed by atoms with van der Waals surface area (Å²) in [6, 6.07) is 5.43. The second-order valence-electron chi connectivity index (χ2n) is 4.55. The Balaban J connectivity index is 2.77. The summed E-state index contributed by atoms with van der Waals surface area (Å²) in [6.07, 6.45) is -0.170. The Bertz CT molecular complexity index is 785. The molecule has 5 nitrogen and oxygen atoms in total. The van der Waals surface area contributed by atoms with Crippen LogP contribution in [0.3, 0.4) is 0 Å². The molecule has 2 rings (SSSR count). The third-order valence-corrected chi connectivity index (χ3v) is 4.30. The SMILES string of the molecule is Cc1nc(=O)n(-c2cc(Br)ccc2Br)c(C)c1CC(=O)O. The van der Waals surface area contributed by atoms with Gasteiger partial charge in [-0.25, -0.2) is 4.79 Å². The second-order valence-corrected chi connectivity index (χ2v) is 6.32. The van der Waals surface area contributed by atoms with E-state index in [0.29, 0.717) is 22.6 Å². The summed E-state index contributed by atoms with van der Waals surface area (Å²) in [4.78, 5) is 27.2. The second kappa shape index (κ2) is 6.11. The van der Waals surface area contributed by atoms with Crippen molar-refractivity contribution >= 4 is 37.8 Å². The number of nitrogens with zero attached hydrogens (tertiary/aromatic N) is 2. The smallest absolute Gasteiger partial charge is 0.352 e. The van der Waals surface area contributed by atoms with Crippen molar-refractivity contribution in [3.05, 3.63) is 54.6 Å². The quantitative estimate of drug-likeness (QED) is 0.836. The van der Waals surface area contributed by atoms with Gasteiger partial charge in [-0.3, -0.25) is 9.36 Å². The van der Waals surface area contributed by atoms with E-state index in [1.54, 1.807) is 19.9 Å². The third kappa shape index (κ3) is 3.24. The molecule has 0 fully saturated rings. The van der Waals surface area contributed by atoms with Crippen molar-refractivity contribution in [3.63, 3.8) is 0 Å². The number of aromatic nitrogens is 2. The highest BCUT2D eigenvalue weighted by molar-refractivity contribution is 9.11. The molecule has 7 heteroatoms. The fourth-order valence-electron chi connectivity index (χ4n) is 2.15. The molecular formula is C14H12Br2N2O3. The van der Waals surface area contributed by atoms with Crippen LogP contribution < -0.4 is 5.69 Å². The number of hydrogen-bond donors (Lipinski definition) is 1. The molecule has 0 radical (unpaired) electrons. The van der Waals surface area contributed by atoms with Crippen LogP contribution in [0.5, 0.6) is 0 Å². The predicted molar refractivity (Wildman–Crippen MR) is 86.0 cm³/mol. The third-order valence-electron chi connectivity index (χ3n) is 3.14. The summed E-state index contributed by atoms with van der Waals surface area (Å²) >= 11 is 6.77. The minimum Gasteiger partial charge on any atom is -0.481 e. The molecular weight excluding hydrogens is 404 g/mol. The summed E-state index contributed by atoms with van der Waals surface area (Å²) in [5, 5.41) is 9.01. The zero-order valence-electron chi connectivity index (χ0n) is 11.4. The first-order chi connectivity index (χ1) is 9.81. The van der Waals surface area contributed by atoms with Crippen molar-refractivity contribution < 1.29 is 9.90 Å². The van der Waals surface area contributed by atoms with Gasteiger partial charge in [-0.1, -0.05) is 15.9 Å². The lowest BCUT2D eigenvalue weighted by molar-refractivity contribution is -0.136. The van der Waals surface area contributed by atoms with E-state index in [-0.39, 0.29) is 6.42 Å². The van der Waals surface area contributed by atoms with E-state index in [0.717, 1.165) is 8.95 Å². The van der Waals surface area contributed by atoms with Crippen LogP contribution in [0.2, 0.25) is 0 Å². The average Bonchev–Trinajstić information content (AvgIpc) is 2.38. The number of benzene rings is 1. The number of hydrogen-bond acceptors (Lipinski definition) is 3. The molecule has 21 heavy (non-hydrogen) atoms. The number of carboxylic acid groups (broad SMARTS) is 1. The Morgan fingerprint density at radius 2 is 2.00 bits per heavy atom. The van der Waals surface area contributed by atoms with E-state index in [9.17, 15) is 9.59 Å². The molecule has 1 N–H and O–H groups in total. The number of aliphatic carboxylic acids is 1. The Labute approximate surface area is 137 Å². The zero-order valence-corrected chi connectivity index (χ0v) is 14.5. The number of carboxylic acids is 1. The standard InChI is InChI=1S/C14H12Br2N2O3/c1-7-10(6-13(19)20)8(2)18(14(21)17-7)12-5-9(15)3-4-11(12)16/h3-5H,6H2,1-2H3,(H,19,20). The highest BCUT2D eigenvalue weighted by Gasteiger charge is 2.16. The molecule has 2 aromatic rings. The lowest BCUT2D eigenvalue weighted by atomic mass is 10.1. The molecule has 0 atom stereocenters. The van der Waals surface area contributed by atoms with Gasteiger partial charge in [0.05, 0.1) is 12.1 Å². The number of aryl methyl sites for hydroxylation is 1. The van der Waals surface area contributed by atoms with Crippen LogP contribution in [-0.4, -0.2) is 20.6 Å². The minimum absolute atomic E-state index is 0.170. The van der Waals surface area contributed by atoms with Crippen LogP contribution in [0, 0.1) is 13.8 Å². The van der Waals surface area contributed by atoms with Crippen molar-refractivity contribution in [2.24, 2.45) is 0 Å². The number of halogens is 2. The average molecular weight is 416 g/mol. The molecule has 0 spiro atoms. The van der Waals surface area contributed by atoms with E-state index in [1.807, 2.05) is 12.1 Å². The molecule has 0 saturated carbocycles. The van der Waals surface area contributed by atoms with Crippen molar-refractivity contribution in [1.29, 1.82) is 0 Å². The maximum absolute atomic E-state index is 12.2. The molecule has 1 aromatic carbocycles. The first kappa shape index (κ1) is 15.9. The van der Waals surface area contributed by atoms with Gasteiger partial charge in [-0.05, 0) is 48.0 Å². The molecule has 1 heterocycles. The molecule has 0 aliphatic heterocycles. The van der Waals surface area contributed by atoms with Crippen molar-refractivity contribution in [3.8, 4) is 5.69 Å². The van der Waals surface area contributed by atoms with Crippen LogP contribution in [0.25, 0.3) is 5.69 Å². The van der Waals surface area contributed by atoms with Gasteiger partial charge >= 0.3 is 11.7 Å². The van der Waals surface area contributed by atoms with Crippen LogP contribution in [0.4, 0.5) is 0 Å². The van der Waals surface area contributed by atoms with Gasteiger partial charge in [0.15, 0.2) is 0 Å². The van der Waals surface area contributed by atoms with Gasteiger partial charge < -0.3 is 5.11 Å². The molecule has 1 aromatic heterocycles. The van der Waals surface area contributed by atoms with Crippen molar-refractivity contribution in [1.82, 2.24) is 9.55 Å².